The molecule has 26 heavy (non-hydrogen) atoms. The minimum Gasteiger partial charge on any atom is -0.493 e. The first-order valence-electron chi connectivity index (χ1n) is 8.14. The Kier molecular flexibility index (Phi) is 5.98. The van der Waals surface area contributed by atoms with Gasteiger partial charge in [-0.25, -0.2) is 4.98 Å². The molecule has 3 rings (SSSR count). The van der Waals surface area contributed by atoms with Crippen molar-refractivity contribution in [1.82, 2.24) is 9.38 Å². The molecule has 0 saturated heterocycles. The fourth-order valence-corrected chi connectivity index (χ4v) is 3.66. The van der Waals surface area contributed by atoms with Crippen LogP contribution in [0.1, 0.15) is 25.1 Å². The average Bonchev–Trinajstić information content (AvgIpc) is 3.10. The van der Waals surface area contributed by atoms with Crippen molar-refractivity contribution in [3.05, 3.63) is 55.0 Å². The summed E-state index contributed by atoms with van der Waals surface area (Å²) in [5.74, 6) is 1.79. The van der Waals surface area contributed by atoms with Crippen LogP contribution < -0.4 is 15.0 Å². The number of methoxy groups -OCH3 is 1. The normalized spacial score (nSPS) is 11.6. The van der Waals surface area contributed by atoms with Crippen LogP contribution in [0.25, 0.3) is 17.1 Å². The molecular formula is C19H19IN2O3S. The number of para-hydroxylation sites is 1. The summed E-state index contributed by atoms with van der Waals surface area (Å²) in [6.45, 7) is 4.79. The molecule has 3 aromatic rings. The summed E-state index contributed by atoms with van der Waals surface area (Å²) in [7, 11) is 1.63. The van der Waals surface area contributed by atoms with Gasteiger partial charge in [0.05, 0.1) is 19.4 Å². The van der Waals surface area contributed by atoms with Gasteiger partial charge in [0.15, 0.2) is 16.5 Å². The second-order valence-corrected chi connectivity index (χ2v) is 8.04. The van der Waals surface area contributed by atoms with Gasteiger partial charge >= 0.3 is 0 Å². The largest absolute Gasteiger partial charge is 0.493 e. The lowest BCUT2D eigenvalue weighted by atomic mass is 10.1. The highest BCUT2D eigenvalue weighted by Gasteiger charge is 2.12. The van der Waals surface area contributed by atoms with Gasteiger partial charge in [0.1, 0.15) is 3.57 Å². The zero-order chi connectivity index (χ0) is 18.7. The summed E-state index contributed by atoms with van der Waals surface area (Å²) < 4.78 is 13.5. The van der Waals surface area contributed by atoms with Crippen LogP contribution in [-0.4, -0.2) is 23.1 Å². The smallest absolute Gasteiger partial charge is 0.272 e. The molecule has 0 aliphatic carbocycles. The number of hydrogen-bond acceptors (Lipinski definition) is 5. The minimum atomic E-state index is -0.0570. The van der Waals surface area contributed by atoms with Crippen LogP contribution in [-0.2, 0) is 0 Å². The van der Waals surface area contributed by atoms with Crippen molar-refractivity contribution < 1.29 is 9.47 Å². The molecule has 0 saturated carbocycles. The zero-order valence-electron chi connectivity index (χ0n) is 14.7. The van der Waals surface area contributed by atoms with Crippen LogP contribution in [0.2, 0.25) is 0 Å². The zero-order valence-corrected chi connectivity index (χ0v) is 17.7. The van der Waals surface area contributed by atoms with Crippen LogP contribution in [0.4, 0.5) is 0 Å². The summed E-state index contributed by atoms with van der Waals surface area (Å²) in [6.07, 6.45) is 5.50. The monoisotopic (exact) mass is 482 g/mol. The van der Waals surface area contributed by atoms with E-state index >= 15 is 0 Å². The number of nitrogens with zero attached hydrogens (tertiary/aromatic N) is 2. The van der Waals surface area contributed by atoms with E-state index in [1.165, 1.54) is 11.3 Å². The van der Waals surface area contributed by atoms with Crippen molar-refractivity contribution >= 4 is 51.0 Å². The fourth-order valence-electron chi connectivity index (χ4n) is 2.38. The summed E-state index contributed by atoms with van der Waals surface area (Å²) >= 11 is 3.48. The third kappa shape index (κ3) is 3.93. The van der Waals surface area contributed by atoms with Gasteiger partial charge in [-0.05, 0) is 46.7 Å². The molecule has 0 atom stereocenters. The van der Waals surface area contributed by atoms with Crippen molar-refractivity contribution in [1.29, 1.82) is 0 Å². The van der Waals surface area contributed by atoms with Crippen molar-refractivity contribution in [2.75, 3.05) is 13.7 Å². The summed E-state index contributed by atoms with van der Waals surface area (Å²) in [5.41, 5.74) is 1.48. The van der Waals surface area contributed by atoms with E-state index in [1.54, 1.807) is 17.7 Å². The third-order valence-corrected chi connectivity index (χ3v) is 5.42. The summed E-state index contributed by atoms with van der Waals surface area (Å²) in [6, 6.07) is 5.74. The highest BCUT2D eigenvalue weighted by Crippen LogP contribution is 2.33. The number of rotatable bonds is 6. The molecule has 0 fully saturated rings. The fraction of sp³-hybridized carbons (Fsp3) is 0.263. The van der Waals surface area contributed by atoms with Gasteiger partial charge < -0.3 is 9.47 Å². The van der Waals surface area contributed by atoms with Crippen molar-refractivity contribution in [3.8, 4) is 11.5 Å². The molecule has 0 amide bonds. The number of thiazole rings is 1. The molecule has 7 heteroatoms. The Bertz CT molecular complexity index is 1010. The molecule has 0 N–H and O–H groups in total. The minimum absolute atomic E-state index is 0.0570. The predicted molar refractivity (Wildman–Crippen MR) is 114 cm³/mol. The molecule has 136 valence electrons. The molecule has 5 nitrogen and oxygen atoms in total. The lowest BCUT2D eigenvalue weighted by Crippen LogP contribution is -2.17. The van der Waals surface area contributed by atoms with Crippen LogP contribution in [0.3, 0.4) is 0 Å². The van der Waals surface area contributed by atoms with Crippen molar-refractivity contribution in [3.63, 3.8) is 0 Å². The Morgan fingerprint density at radius 3 is 2.88 bits per heavy atom. The second kappa shape index (κ2) is 8.22. The third-order valence-electron chi connectivity index (χ3n) is 3.65. The first kappa shape index (κ1) is 18.9. The number of halogens is 1. The van der Waals surface area contributed by atoms with Crippen molar-refractivity contribution in [2.24, 2.45) is 5.92 Å². The highest BCUT2D eigenvalue weighted by atomic mass is 127. The van der Waals surface area contributed by atoms with Gasteiger partial charge in [-0.2, -0.15) is 0 Å². The molecule has 0 aliphatic rings. The Hall–Kier alpha value is -1.87. The van der Waals surface area contributed by atoms with E-state index in [2.05, 4.69) is 18.8 Å². The first-order chi connectivity index (χ1) is 12.5. The summed E-state index contributed by atoms with van der Waals surface area (Å²) in [4.78, 5) is 17.7. The van der Waals surface area contributed by atoms with E-state index in [1.807, 2.05) is 58.3 Å². The Labute approximate surface area is 169 Å². The number of ether oxygens (including phenoxy) is 2. The Morgan fingerprint density at radius 1 is 1.35 bits per heavy atom. The van der Waals surface area contributed by atoms with Gasteiger partial charge in [0, 0.05) is 17.1 Å². The van der Waals surface area contributed by atoms with E-state index in [0.29, 0.717) is 38.2 Å². The van der Waals surface area contributed by atoms with Crippen molar-refractivity contribution in [2.45, 2.75) is 13.8 Å². The van der Waals surface area contributed by atoms with Crippen LogP contribution in [0.5, 0.6) is 11.5 Å². The molecule has 0 radical (unpaired) electrons. The SMILES string of the molecule is COc1cccc(C=Cc2nc3sccn3c(=O)c2I)c1OCC(C)C. The lowest BCUT2D eigenvalue weighted by molar-refractivity contribution is 0.256. The van der Waals surface area contributed by atoms with E-state index in [9.17, 15) is 4.79 Å². The molecule has 0 unspecified atom stereocenters. The van der Waals surface area contributed by atoms with E-state index in [0.717, 1.165) is 5.56 Å². The molecule has 0 spiro atoms. The van der Waals surface area contributed by atoms with Gasteiger partial charge in [0.25, 0.3) is 5.56 Å². The van der Waals surface area contributed by atoms with Crippen LogP contribution >= 0.6 is 33.9 Å². The van der Waals surface area contributed by atoms with Gasteiger partial charge in [-0.3, -0.25) is 9.20 Å². The average molecular weight is 482 g/mol. The molecule has 0 bridgehead atoms. The van der Waals surface area contributed by atoms with E-state index < -0.39 is 0 Å². The van der Waals surface area contributed by atoms with Gasteiger partial charge in [0.2, 0.25) is 0 Å². The van der Waals surface area contributed by atoms with Gasteiger partial charge in [-0.15, -0.1) is 11.3 Å². The maximum atomic E-state index is 12.4. The number of hydrogen-bond donors (Lipinski definition) is 0. The standard InChI is InChI=1S/C19H19IN2O3S/c1-12(2)11-25-17-13(5-4-6-15(17)24-3)7-8-14-16(20)18(23)22-9-10-26-19(22)21-14/h4-10,12H,11H2,1-3H3. The maximum Gasteiger partial charge on any atom is 0.272 e. The number of fused-ring (bicyclic) bond motifs is 1. The Balaban J connectivity index is 2.00. The lowest BCUT2D eigenvalue weighted by Gasteiger charge is -2.14. The Morgan fingerprint density at radius 2 is 2.15 bits per heavy atom. The topological polar surface area (TPSA) is 52.8 Å². The highest BCUT2D eigenvalue weighted by molar-refractivity contribution is 14.1. The molecule has 2 heterocycles. The van der Waals surface area contributed by atoms with E-state index in [4.69, 9.17) is 9.47 Å². The second-order valence-electron chi connectivity index (χ2n) is 6.09. The van der Waals surface area contributed by atoms with Crippen LogP contribution in [0.15, 0.2) is 34.6 Å². The van der Waals surface area contributed by atoms with Crippen LogP contribution in [0, 0.1) is 9.49 Å². The molecule has 1 aromatic carbocycles. The quantitative estimate of drug-likeness (QED) is 0.483. The molecule has 2 aromatic heterocycles. The first-order valence-corrected chi connectivity index (χ1v) is 10.1. The predicted octanol–water partition coefficient (Wildman–Crippen LogP) is 4.57. The maximum absolute atomic E-state index is 12.4. The molecule has 0 aliphatic heterocycles. The molecular weight excluding hydrogens is 463 g/mol. The summed E-state index contributed by atoms with van der Waals surface area (Å²) in [5, 5.41) is 1.85. The number of benzene rings is 1. The number of aromatic nitrogens is 2. The van der Waals surface area contributed by atoms with Gasteiger partial charge in [-0.1, -0.05) is 26.0 Å². The van der Waals surface area contributed by atoms with E-state index in [-0.39, 0.29) is 5.56 Å².